The molecule has 2 aromatic rings. The zero-order valence-corrected chi connectivity index (χ0v) is 9.73. The second-order valence-electron chi connectivity index (χ2n) is 4.11. The minimum absolute atomic E-state index is 0.0290. The molecule has 0 bridgehead atoms. The molecule has 0 radical (unpaired) electrons. The van der Waals surface area contributed by atoms with E-state index in [-0.39, 0.29) is 17.2 Å². The van der Waals surface area contributed by atoms with E-state index in [4.69, 9.17) is 0 Å². The Balaban J connectivity index is 2.69. The molecule has 0 unspecified atom stereocenters. The molecule has 3 nitrogen and oxygen atoms in total. The molecule has 0 aromatic heterocycles. The molecule has 0 fully saturated rings. The molecule has 17 heavy (non-hydrogen) atoms. The predicted octanol–water partition coefficient (Wildman–Crippen LogP) is 3.09. The van der Waals surface area contributed by atoms with Crippen molar-refractivity contribution in [2.45, 2.75) is 13.8 Å². The van der Waals surface area contributed by atoms with Gasteiger partial charge in [0.1, 0.15) is 17.2 Å². The second kappa shape index (κ2) is 4.01. The fraction of sp³-hybridized carbons (Fsp3) is 0.143. The minimum atomic E-state index is 0.0290. The molecule has 2 aromatic carbocycles. The first-order valence-electron chi connectivity index (χ1n) is 5.32. The van der Waals surface area contributed by atoms with Crippen LogP contribution in [0.3, 0.4) is 0 Å². The third-order valence-electron chi connectivity index (χ3n) is 2.97. The highest BCUT2D eigenvalue weighted by Gasteiger charge is 2.12. The molecule has 3 heteroatoms. The molecule has 0 spiro atoms. The summed E-state index contributed by atoms with van der Waals surface area (Å²) in [5, 5.41) is 29.2. The van der Waals surface area contributed by atoms with Crippen LogP contribution in [0.2, 0.25) is 0 Å². The Labute approximate surface area is 99.6 Å². The SMILES string of the molecule is Cc1ccc(-c2cc(O)ccc2O)c(O)c1C. The van der Waals surface area contributed by atoms with Crippen LogP contribution in [0.5, 0.6) is 17.2 Å². The Morgan fingerprint density at radius 1 is 0.824 bits per heavy atom. The van der Waals surface area contributed by atoms with Crippen molar-refractivity contribution in [1.29, 1.82) is 0 Å². The topological polar surface area (TPSA) is 60.7 Å². The summed E-state index contributed by atoms with van der Waals surface area (Å²) < 4.78 is 0. The third kappa shape index (κ3) is 1.91. The number of hydrogen-bond donors (Lipinski definition) is 3. The number of aromatic hydroxyl groups is 3. The van der Waals surface area contributed by atoms with Gasteiger partial charge in [-0.25, -0.2) is 0 Å². The van der Waals surface area contributed by atoms with E-state index in [0.717, 1.165) is 11.1 Å². The van der Waals surface area contributed by atoms with Gasteiger partial charge in [0.25, 0.3) is 0 Å². The summed E-state index contributed by atoms with van der Waals surface area (Å²) in [5.41, 5.74) is 2.68. The maximum absolute atomic E-state index is 10.1. The molecule has 2 rings (SSSR count). The van der Waals surface area contributed by atoms with Crippen molar-refractivity contribution in [1.82, 2.24) is 0 Å². The lowest BCUT2D eigenvalue weighted by Gasteiger charge is -2.11. The summed E-state index contributed by atoms with van der Waals surface area (Å²) in [6, 6.07) is 7.83. The van der Waals surface area contributed by atoms with E-state index in [1.54, 1.807) is 6.07 Å². The van der Waals surface area contributed by atoms with E-state index in [0.29, 0.717) is 11.1 Å². The first kappa shape index (κ1) is 11.3. The van der Waals surface area contributed by atoms with Crippen LogP contribution in [-0.4, -0.2) is 15.3 Å². The van der Waals surface area contributed by atoms with Gasteiger partial charge in [0.05, 0.1) is 0 Å². The van der Waals surface area contributed by atoms with Crippen molar-refractivity contribution in [2.24, 2.45) is 0 Å². The molecular weight excluding hydrogens is 216 g/mol. The Kier molecular flexibility index (Phi) is 2.68. The van der Waals surface area contributed by atoms with Gasteiger partial charge >= 0.3 is 0 Å². The number of phenolic OH excluding ortho intramolecular Hbond substituents is 3. The van der Waals surface area contributed by atoms with Gasteiger partial charge in [-0.15, -0.1) is 0 Å². The van der Waals surface area contributed by atoms with Crippen molar-refractivity contribution < 1.29 is 15.3 Å². The summed E-state index contributed by atoms with van der Waals surface area (Å²) in [7, 11) is 0. The highest BCUT2D eigenvalue weighted by Crippen LogP contribution is 2.39. The third-order valence-corrected chi connectivity index (χ3v) is 2.97. The van der Waals surface area contributed by atoms with E-state index >= 15 is 0 Å². The van der Waals surface area contributed by atoms with E-state index in [2.05, 4.69) is 0 Å². The lowest BCUT2D eigenvalue weighted by atomic mass is 9.98. The van der Waals surface area contributed by atoms with Crippen molar-refractivity contribution in [2.75, 3.05) is 0 Å². The average Bonchev–Trinajstić information content (AvgIpc) is 2.30. The van der Waals surface area contributed by atoms with Crippen LogP contribution in [0.1, 0.15) is 11.1 Å². The monoisotopic (exact) mass is 230 g/mol. The molecule has 3 N–H and O–H groups in total. The Morgan fingerprint density at radius 2 is 1.53 bits per heavy atom. The van der Waals surface area contributed by atoms with Crippen LogP contribution >= 0.6 is 0 Å². The number of phenols is 3. The smallest absolute Gasteiger partial charge is 0.126 e. The molecule has 0 amide bonds. The number of aryl methyl sites for hydroxylation is 1. The van der Waals surface area contributed by atoms with E-state index in [1.807, 2.05) is 19.9 Å². The van der Waals surface area contributed by atoms with Gasteiger partial charge in [0.15, 0.2) is 0 Å². The summed E-state index contributed by atoms with van der Waals surface area (Å²) in [6.45, 7) is 3.72. The fourth-order valence-electron chi connectivity index (χ4n) is 1.76. The first-order valence-corrected chi connectivity index (χ1v) is 5.32. The van der Waals surface area contributed by atoms with Gasteiger partial charge in [-0.2, -0.15) is 0 Å². The molecule has 0 aliphatic carbocycles. The minimum Gasteiger partial charge on any atom is -0.508 e. The van der Waals surface area contributed by atoms with E-state index in [1.165, 1.54) is 18.2 Å². The summed E-state index contributed by atoms with van der Waals surface area (Å²) in [4.78, 5) is 0. The van der Waals surface area contributed by atoms with Crippen LogP contribution < -0.4 is 0 Å². The molecular formula is C14H14O3. The summed E-state index contributed by atoms with van der Waals surface area (Å²) in [5.74, 6) is 0.211. The summed E-state index contributed by atoms with van der Waals surface area (Å²) in [6.07, 6.45) is 0. The molecule has 0 saturated heterocycles. The average molecular weight is 230 g/mol. The zero-order chi connectivity index (χ0) is 12.6. The van der Waals surface area contributed by atoms with Gasteiger partial charge in [0, 0.05) is 11.1 Å². The Hall–Kier alpha value is -2.16. The fourth-order valence-corrected chi connectivity index (χ4v) is 1.76. The molecule has 0 atom stereocenters. The highest BCUT2D eigenvalue weighted by molar-refractivity contribution is 5.78. The van der Waals surface area contributed by atoms with Crippen LogP contribution in [0.4, 0.5) is 0 Å². The second-order valence-corrected chi connectivity index (χ2v) is 4.11. The van der Waals surface area contributed by atoms with Crippen molar-refractivity contribution in [3.05, 3.63) is 41.5 Å². The van der Waals surface area contributed by atoms with Crippen LogP contribution in [0, 0.1) is 13.8 Å². The summed E-state index contributed by atoms with van der Waals surface area (Å²) >= 11 is 0. The molecule has 88 valence electrons. The largest absolute Gasteiger partial charge is 0.508 e. The number of benzene rings is 2. The highest BCUT2D eigenvalue weighted by atomic mass is 16.3. The van der Waals surface area contributed by atoms with Gasteiger partial charge in [-0.3, -0.25) is 0 Å². The van der Waals surface area contributed by atoms with Crippen LogP contribution in [0.15, 0.2) is 30.3 Å². The van der Waals surface area contributed by atoms with E-state index < -0.39 is 0 Å². The number of rotatable bonds is 1. The van der Waals surface area contributed by atoms with Crippen LogP contribution in [-0.2, 0) is 0 Å². The van der Waals surface area contributed by atoms with Crippen molar-refractivity contribution in [3.63, 3.8) is 0 Å². The lowest BCUT2D eigenvalue weighted by Crippen LogP contribution is -1.87. The molecule has 0 heterocycles. The van der Waals surface area contributed by atoms with Crippen molar-refractivity contribution >= 4 is 0 Å². The van der Waals surface area contributed by atoms with E-state index in [9.17, 15) is 15.3 Å². The zero-order valence-electron chi connectivity index (χ0n) is 9.73. The Morgan fingerprint density at radius 3 is 2.24 bits per heavy atom. The quantitative estimate of drug-likeness (QED) is 0.660. The van der Waals surface area contributed by atoms with Gasteiger partial charge < -0.3 is 15.3 Å². The first-order chi connectivity index (χ1) is 8.00. The van der Waals surface area contributed by atoms with Gasteiger partial charge in [0.2, 0.25) is 0 Å². The van der Waals surface area contributed by atoms with Crippen LogP contribution in [0.25, 0.3) is 11.1 Å². The van der Waals surface area contributed by atoms with Gasteiger partial charge in [-0.1, -0.05) is 12.1 Å². The molecule has 0 aliphatic heterocycles. The predicted molar refractivity (Wildman–Crippen MR) is 66.3 cm³/mol. The molecule has 0 saturated carbocycles. The lowest BCUT2D eigenvalue weighted by molar-refractivity contribution is 0.458. The molecule has 0 aliphatic rings. The normalized spacial score (nSPS) is 10.5. The maximum Gasteiger partial charge on any atom is 0.126 e. The van der Waals surface area contributed by atoms with Gasteiger partial charge in [-0.05, 0) is 43.2 Å². The standard InChI is InChI=1S/C14H14O3/c1-8-3-5-11(14(17)9(8)2)12-7-10(15)4-6-13(12)16/h3-7,15-17H,1-2H3. The Bertz CT molecular complexity index is 574. The van der Waals surface area contributed by atoms with Crippen molar-refractivity contribution in [3.8, 4) is 28.4 Å². The number of hydrogen-bond acceptors (Lipinski definition) is 3. The maximum atomic E-state index is 10.1.